The SMILES string of the molecule is COC(=O)C1CC(Oc2ccc(NC(=O)OC(C)(C)C)cc2)C1. The molecule has 23 heavy (non-hydrogen) atoms. The Morgan fingerprint density at radius 2 is 1.74 bits per heavy atom. The minimum absolute atomic E-state index is 0.0313. The van der Waals surface area contributed by atoms with Gasteiger partial charge in [0.1, 0.15) is 17.5 Å². The third-order valence-electron chi connectivity index (χ3n) is 3.43. The van der Waals surface area contributed by atoms with Crippen LogP contribution in [0.2, 0.25) is 0 Å². The van der Waals surface area contributed by atoms with Gasteiger partial charge in [-0.2, -0.15) is 0 Å². The number of carbonyl (C=O) groups excluding carboxylic acids is 2. The van der Waals surface area contributed by atoms with Crippen molar-refractivity contribution in [3.05, 3.63) is 24.3 Å². The molecule has 0 heterocycles. The van der Waals surface area contributed by atoms with Crippen molar-refractivity contribution in [2.24, 2.45) is 5.92 Å². The van der Waals surface area contributed by atoms with Crippen molar-refractivity contribution in [3.63, 3.8) is 0 Å². The summed E-state index contributed by atoms with van der Waals surface area (Å²) in [5, 5.41) is 2.66. The lowest BCUT2D eigenvalue weighted by molar-refractivity contribution is -0.151. The van der Waals surface area contributed by atoms with Crippen LogP contribution in [-0.4, -0.2) is 30.9 Å². The number of benzene rings is 1. The molecule has 0 bridgehead atoms. The fourth-order valence-corrected chi connectivity index (χ4v) is 2.25. The molecule has 0 radical (unpaired) electrons. The molecule has 1 aromatic carbocycles. The zero-order valence-electron chi connectivity index (χ0n) is 13.9. The average molecular weight is 321 g/mol. The molecule has 1 amide bonds. The Balaban J connectivity index is 1.79. The molecule has 1 aliphatic carbocycles. The van der Waals surface area contributed by atoms with E-state index >= 15 is 0 Å². The zero-order valence-corrected chi connectivity index (χ0v) is 13.9. The van der Waals surface area contributed by atoms with E-state index < -0.39 is 11.7 Å². The summed E-state index contributed by atoms with van der Waals surface area (Å²) in [5.41, 5.74) is 0.0979. The first-order valence-corrected chi connectivity index (χ1v) is 7.61. The average Bonchev–Trinajstić information content (AvgIpc) is 2.41. The number of amides is 1. The van der Waals surface area contributed by atoms with Crippen LogP contribution < -0.4 is 10.1 Å². The number of nitrogens with one attached hydrogen (secondary N) is 1. The van der Waals surface area contributed by atoms with Crippen LogP contribution in [0.5, 0.6) is 5.75 Å². The zero-order chi connectivity index (χ0) is 17.0. The van der Waals surface area contributed by atoms with Crippen LogP contribution in [0.4, 0.5) is 10.5 Å². The number of hydrogen-bond donors (Lipinski definition) is 1. The third kappa shape index (κ3) is 5.16. The Morgan fingerprint density at radius 3 is 2.26 bits per heavy atom. The van der Waals surface area contributed by atoms with Gasteiger partial charge in [-0.15, -0.1) is 0 Å². The highest BCUT2D eigenvalue weighted by molar-refractivity contribution is 5.84. The van der Waals surface area contributed by atoms with Crippen molar-refractivity contribution < 1.29 is 23.8 Å². The molecule has 0 aliphatic heterocycles. The van der Waals surface area contributed by atoms with Crippen LogP contribution >= 0.6 is 0 Å². The van der Waals surface area contributed by atoms with Crippen molar-refractivity contribution >= 4 is 17.7 Å². The standard InChI is InChI=1S/C17H23NO5/c1-17(2,3)23-16(20)18-12-5-7-13(8-6-12)22-14-9-11(10-14)15(19)21-4/h5-8,11,14H,9-10H2,1-4H3,(H,18,20). The monoisotopic (exact) mass is 321 g/mol. The van der Waals surface area contributed by atoms with Gasteiger partial charge < -0.3 is 14.2 Å². The predicted molar refractivity (Wildman–Crippen MR) is 85.5 cm³/mol. The van der Waals surface area contributed by atoms with E-state index in [1.165, 1.54) is 7.11 Å². The van der Waals surface area contributed by atoms with Gasteiger partial charge in [0.25, 0.3) is 0 Å². The number of methoxy groups -OCH3 is 1. The summed E-state index contributed by atoms with van der Waals surface area (Å²) in [4.78, 5) is 23.0. The topological polar surface area (TPSA) is 73.9 Å². The Labute approximate surface area is 136 Å². The molecule has 0 spiro atoms. The summed E-state index contributed by atoms with van der Waals surface area (Å²) in [6.45, 7) is 5.43. The Hall–Kier alpha value is -2.24. The second kappa shape index (κ2) is 6.89. The lowest BCUT2D eigenvalue weighted by atomic mass is 9.82. The first-order valence-electron chi connectivity index (χ1n) is 7.61. The molecule has 0 unspecified atom stereocenters. The molecule has 0 atom stereocenters. The normalized spacial score (nSPS) is 20.2. The summed E-state index contributed by atoms with van der Waals surface area (Å²) in [5.74, 6) is 0.466. The van der Waals surface area contributed by atoms with E-state index in [1.54, 1.807) is 24.3 Å². The maximum atomic E-state index is 11.7. The lowest BCUT2D eigenvalue weighted by Crippen LogP contribution is -2.38. The molecule has 2 rings (SSSR count). The maximum absolute atomic E-state index is 11.7. The first-order chi connectivity index (χ1) is 10.8. The molecule has 6 nitrogen and oxygen atoms in total. The van der Waals surface area contributed by atoms with Crippen LogP contribution in [0, 0.1) is 5.92 Å². The highest BCUT2D eigenvalue weighted by Crippen LogP contribution is 2.32. The van der Waals surface area contributed by atoms with Crippen molar-refractivity contribution in [2.75, 3.05) is 12.4 Å². The number of anilines is 1. The summed E-state index contributed by atoms with van der Waals surface area (Å²) in [7, 11) is 1.40. The predicted octanol–water partition coefficient (Wildman–Crippen LogP) is 3.36. The minimum atomic E-state index is -0.534. The van der Waals surface area contributed by atoms with Crippen molar-refractivity contribution in [1.29, 1.82) is 0 Å². The molecule has 1 N–H and O–H groups in total. The minimum Gasteiger partial charge on any atom is -0.490 e. The summed E-state index contributed by atoms with van der Waals surface area (Å²) in [6, 6.07) is 7.04. The number of rotatable bonds is 4. The van der Waals surface area contributed by atoms with Gasteiger partial charge in [-0.25, -0.2) is 4.79 Å². The van der Waals surface area contributed by atoms with Gasteiger partial charge in [-0.3, -0.25) is 10.1 Å². The molecule has 6 heteroatoms. The van der Waals surface area contributed by atoms with Crippen LogP contribution in [0.25, 0.3) is 0 Å². The Bertz CT molecular complexity index is 555. The molecule has 1 aliphatic rings. The van der Waals surface area contributed by atoms with Gasteiger partial charge in [0.05, 0.1) is 13.0 Å². The maximum Gasteiger partial charge on any atom is 0.412 e. The smallest absolute Gasteiger partial charge is 0.412 e. The number of hydrogen-bond acceptors (Lipinski definition) is 5. The summed E-state index contributed by atoms with van der Waals surface area (Å²) in [6.07, 6.45) is 0.879. The highest BCUT2D eigenvalue weighted by atomic mass is 16.6. The number of esters is 1. The number of carbonyl (C=O) groups is 2. The largest absolute Gasteiger partial charge is 0.490 e. The van der Waals surface area contributed by atoms with Gasteiger partial charge in [0.2, 0.25) is 0 Å². The van der Waals surface area contributed by atoms with E-state index in [-0.39, 0.29) is 18.0 Å². The molecule has 0 aromatic heterocycles. The molecular formula is C17H23NO5. The van der Waals surface area contributed by atoms with Crippen LogP contribution in [0.3, 0.4) is 0 Å². The molecule has 1 saturated carbocycles. The van der Waals surface area contributed by atoms with Gasteiger partial charge in [-0.1, -0.05) is 0 Å². The number of ether oxygens (including phenoxy) is 3. The lowest BCUT2D eigenvalue weighted by Gasteiger charge is -2.33. The molecule has 126 valence electrons. The van der Waals surface area contributed by atoms with E-state index in [9.17, 15) is 9.59 Å². The van der Waals surface area contributed by atoms with E-state index in [2.05, 4.69) is 5.32 Å². The van der Waals surface area contributed by atoms with Crippen LogP contribution in [0.15, 0.2) is 24.3 Å². The Morgan fingerprint density at radius 1 is 1.13 bits per heavy atom. The third-order valence-corrected chi connectivity index (χ3v) is 3.43. The van der Waals surface area contributed by atoms with Crippen molar-refractivity contribution in [3.8, 4) is 5.75 Å². The van der Waals surface area contributed by atoms with Crippen molar-refractivity contribution in [1.82, 2.24) is 0 Å². The van der Waals surface area contributed by atoms with Gasteiger partial charge in [-0.05, 0) is 57.9 Å². The van der Waals surface area contributed by atoms with Crippen LogP contribution in [-0.2, 0) is 14.3 Å². The fourth-order valence-electron chi connectivity index (χ4n) is 2.25. The van der Waals surface area contributed by atoms with E-state index in [4.69, 9.17) is 14.2 Å². The summed E-state index contributed by atoms with van der Waals surface area (Å²) < 4.78 is 15.6. The fraction of sp³-hybridized carbons (Fsp3) is 0.529. The van der Waals surface area contributed by atoms with Gasteiger partial charge >= 0.3 is 12.1 Å². The molecular weight excluding hydrogens is 298 g/mol. The van der Waals surface area contributed by atoms with Crippen molar-refractivity contribution in [2.45, 2.75) is 45.3 Å². The van der Waals surface area contributed by atoms with Gasteiger partial charge in [0.15, 0.2) is 0 Å². The second-order valence-electron chi connectivity index (χ2n) is 6.58. The molecule has 1 aromatic rings. The summed E-state index contributed by atoms with van der Waals surface area (Å²) >= 11 is 0. The van der Waals surface area contributed by atoms with E-state index in [0.717, 1.165) is 0 Å². The highest BCUT2D eigenvalue weighted by Gasteiger charge is 2.36. The first kappa shape index (κ1) is 17.1. The van der Waals surface area contributed by atoms with E-state index in [0.29, 0.717) is 24.3 Å². The van der Waals surface area contributed by atoms with E-state index in [1.807, 2.05) is 20.8 Å². The van der Waals surface area contributed by atoms with Crippen LogP contribution in [0.1, 0.15) is 33.6 Å². The molecule has 0 saturated heterocycles. The second-order valence-corrected chi connectivity index (χ2v) is 6.58. The Kier molecular flexibility index (Phi) is 5.13. The molecule has 1 fully saturated rings. The van der Waals surface area contributed by atoms with Gasteiger partial charge in [0, 0.05) is 5.69 Å². The quantitative estimate of drug-likeness (QED) is 0.861.